The summed E-state index contributed by atoms with van der Waals surface area (Å²) < 4.78 is 71.4. The lowest BCUT2D eigenvalue weighted by Crippen LogP contribution is -2.58. The quantitative estimate of drug-likeness (QED) is 0.393. The van der Waals surface area contributed by atoms with Crippen LogP contribution < -0.4 is 9.80 Å². The zero-order valence-electron chi connectivity index (χ0n) is 20.8. The Bertz CT molecular complexity index is 1340. The maximum absolute atomic E-state index is 14.4. The third-order valence-electron chi connectivity index (χ3n) is 6.86. The highest BCUT2D eigenvalue weighted by Crippen LogP contribution is 2.45. The Hall–Kier alpha value is -3.66. The van der Waals surface area contributed by atoms with Gasteiger partial charge in [0.05, 0.1) is 23.5 Å². The number of carbonyl (C=O) groups excluding carboxylic acids is 1. The average Bonchev–Trinajstić information content (AvgIpc) is 2.84. The maximum atomic E-state index is 14.4. The van der Waals surface area contributed by atoms with Gasteiger partial charge < -0.3 is 20.0 Å². The normalized spacial score (nSPS) is 15.7. The fraction of sp³-hybridized carbons (Fsp3) is 0.321. The topological polar surface area (TPSA) is 64.0 Å². The van der Waals surface area contributed by atoms with Crippen molar-refractivity contribution in [2.24, 2.45) is 0 Å². The number of amides is 1. The van der Waals surface area contributed by atoms with Gasteiger partial charge in [-0.15, -0.1) is 0 Å². The monoisotopic (exact) mass is 534 g/mol. The largest absolute Gasteiger partial charge is 0.508 e. The molecule has 1 atom stereocenters. The second-order valence-electron chi connectivity index (χ2n) is 10.1. The standard InChI is InChI=1S/C28H27F5N2O3/c1-26(2,20-15-18(29)11-12-24(20)36)16-27(38,28(31,32)33)17-34-13-14-35(23-10-6-5-9-22(23)34)25(37)19-7-3-4-8-21(19)30/h3-12,15,36,38H,13-14,16-17H2,1-2H3. The van der Waals surface area contributed by atoms with Crippen LogP contribution in [-0.2, 0) is 5.41 Å². The minimum absolute atomic E-state index is 0.0494. The van der Waals surface area contributed by atoms with Crippen LogP contribution in [0.2, 0.25) is 0 Å². The molecule has 5 nitrogen and oxygen atoms in total. The van der Waals surface area contributed by atoms with Crippen LogP contribution in [-0.4, -0.2) is 47.5 Å². The number of benzene rings is 3. The SMILES string of the molecule is CC(C)(CC(O)(CN1CCN(C(=O)c2ccccc2F)c2ccccc21)C(F)(F)F)c1cc(F)ccc1O. The highest BCUT2D eigenvalue weighted by Gasteiger charge is 2.57. The van der Waals surface area contributed by atoms with Crippen LogP contribution in [0.4, 0.5) is 33.3 Å². The molecule has 0 aliphatic carbocycles. The van der Waals surface area contributed by atoms with E-state index in [4.69, 9.17) is 0 Å². The number of hydrogen-bond donors (Lipinski definition) is 2. The number of fused-ring (bicyclic) bond motifs is 1. The van der Waals surface area contributed by atoms with E-state index in [2.05, 4.69) is 0 Å². The van der Waals surface area contributed by atoms with Gasteiger partial charge in [-0.3, -0.25) is 4.79 Å². The summed E-state index contributed by atoms with van der Waals surface area (Å²) in [7, 11) is 0. The lowest BCUT2D eigenvalue weighted by atomic mass is 9.74. The number of phenolic OH excluding ortho intramolecular Hbond substituents is 1. The summed E-state index contributed by atoms with van der Waals surface area (Å²) in [6, 6.07) is 14.7. The van der Waals surface area contributed by atoms with E-state index < -0.39 is 47.7 Å². The van der Waals surface area contributed by atoms with E-state index >= 15 is 0 Å². The van der Waals surface area contributed by atoms with E-state index in [-0.39, 0.29) is 41.3 Å². The number of aliphatic hydroxyl groups is 1. The van der Waals surface area contributed by atoms with E-state index in [9.17, 15) is 37.0 Å². The summed E-state index contributed by atoms with van der Waals surface area (Å²) in [6.07, 6.45) is -5.96. The van der Waals surface area contributed by atoms with E-state index in [1.807, 2.05) is 0 Å². The predicted octanol–water partition coefficient (Wildman–Crippen LogP) is 5.80. The third kappa shape index (κ3) is 5.18. The molecule has 10 heteroatoms. The van der Waals surface area contributed by atoms with Crippen molar-refractivity contribution in [2.45, 2.75) is 37.5 Å². The lowest BCUT2D eigenvalue weighted by Gasteiger charge is -2.44. The van der Waals surface area contributed by atoms with Gasteiger partial charge in [0.25, 0.3) is 5.91 Å². The molecule has 0 aromatic heterocycles. The predicted molar refractivity (Wildman–Crippen MR) is 133 cm³/mol. The number of para-hydroxylation sites is 2. The molecule has 3 aromatic rings. The fourth-order valence-corrected chi connectivity index (χ4v) is 5.01. The van der Waals surface area contributed by atoms with Crippen LogP contribution in [0.3, 0.4) is 0 Å². The molecule has 0 saturated carbocycles. The first kappa shape index (κ1) is 27.4. The van der Waals surface area contributed by atoms with Crippen molar-refractivity contribution in [2.75, 3.05) is 29.4 Å². The van der Waals surface area contributed by atoms with Crippen molar-refractivity contribution in [1.82, 2.24) is 0 Å². The smallest absolute Gasteiger partial charge is 0.418 e. The van der Waals surface area contributed by atoms with E-state index in [0.717, 1.165) is 24.3 Å². The van der Waals surface area contributed by atoms with E-state index in [1.54, 1.807) is 18.2 Å². The molecule has 202 valence electrons. The number of aromatic hydroxyl groups is 1. The number of rotatable bonds is 6. The molecule has 1 aliphatic rings. The van der Waals surface area contributed by atoms with Crippen LogP contribution in [0.25, 0.3) is 0 Å². The Morgan fingerprint density at radius 2 is 1.55 bits per heavy atom. The maximum Gasteiger partial charge on any atom is 0.418 e. The first-order valence-electron chi connectivity index (χ1n) is 11.9. The molecular weight excluding hydrogens is 507 g/mol. The van der Waals surface area contributed by atoms with Crippen molar-refractivity contribution in [3.05, 3.63) is 89.5 Å². The lowest BCUT2D eigenvalue weighted by molar-refractivity contribution is -0.262. The number of hydrogen-bond acceptors (Lipinski definition) is 4. The summed E-state index contributed by atoms with van der Waals surface area (Å²) in [5, 5.41) is 21.3. The number of phenols is 1. The molecule has 38 heavy (non-hydrogen) atoms. The van der Waals surface area contributed by atoms with Crippen LogP contribution in [0.1, 0.15) is 36.2 Å². The van der Waals surface area contributed by atoms with E-state index in [0.29, 0.717) is 0 Å². The summed E-state index contributed by atoms with van der Waals surface area (Å²) in [5.41, 5.74) is -4.44. The molecule has 2 N–H and O–H groups in total. The van der Waals surface area contributed by atoms with Gasteiger partial charge >= 0.3 is 6.18 Å². The summed E-state index contributed by atoms with van der Waals surface area (Å²) in [4.78, 5) is 15.7. The van der Waals surface area contributed by atoms with Crippen molar-refractivity contribution in [3.8, 4) is 5.75 Å². The molecule has 1 aliphatic heterocycles. The minimum atomic E-state index is -5.08. The summed E-state index contributed by atoms with van der Waals surface area (Å²) in [5.74, 6) is -2.46. The van der Waals surface area contributed by atoms with Crippen molar-refractivity contribution >= 4 is 17.3 Å². The van der Waals surface area contributed by atoms with Gasteiger partial charge in [0.2, 0.25) is 0 Å². The minimum Gasteiger partial charge on any atom is -0.508 e. The highest BCUT2D eigenvalue weighted by molar-refractivity contribution is 6.08. The third-order valence-corrected chi connectivity index (χ3v) is 6.86. The Labute approximate surface area is 216 Å². The van der Waals surface area contributed by atoms with Crippen LogP contribution in [0.5, 0.6) is 5.75 Å². The molecule has 0 fully saturated rings. The zero-order valence-corrected chi connectivity index (χ0v) is 20.8. The Morgan fingerprint density at radius 1 is 0.921 bits per heavy atom. The van der Waals surface area contributed by atoms with Crippen LogP contribution in [0.15, 0.2) is 66.7 Å². The Kier molecular flexibility index (Phi) is 7.13. The second kappa shape index (κ2) is 9.90. The second-order valence-corrected chi connectivity index (χ2v) is 10.1. The molecule has 0 saturated heterocycles. The van der Waals surface area contributed by atoms with Crippen molar-refractivity contribution in [3.63, 3.8) is 0 Å². The van der Waals surface area contributed by atoms with Gasteiger partial charge in [-0.05, 0) is 54.3 Å². The molecule has 4 rings (SSSR count). The first-order chi connectivity index (χ1) is 17.7. The van der Waals surface area contributed by atoms with Gasteiger partial charge in [-0.25, -0.2) is 8.78 Å². The average molecular weight is 535 g/mol. The number of alkyl halides is 3. The first-order valence-corrected chi connectivity index (χ1v) is 11.9. The van der Waals surface area contributed by atoms with Gasteiger partial charge in [-0.2, -0.15) is 13.2 Å². The number of halogens is 5. The number of carbonyl (C=O) groups is 1. The Balaban J connectivity index is 1.67. The van der Waals surface area contributed by atoms with Crippen molar-refractivity contribution in [1.29, 1.82) is 0 Å². The van der Waals surface area contributed by atoms with Crippen LogP contribution >= 0.6 is 0 Å². The zero-order chi connectivity index (χ0) is 27.9. The molecule has 3 aromatic carbocycles. The molecular formula is C28H27F5N2O3. The molecule has 1 amide bonds. The van der Waals surface area contributed by atoms with E-state index in [1.165, 1.54) is 47.9 Å². The summed E-state index contributed by atoms with van der Waals surface area (Å²) in [6.45, 7) is 1.77. The number of anilines is 2. The van der Waals surface area contributed by atoms with Gasteiger partial charge in [0.15, 0.2) is 5.60 Å². The number of β-amino-alcohol motifs (C(OH)–C–C–N with tert-alkyl or cyclic N) is 1. The molecule has 1 heterocycles. The number of nitrogens with zero attached hydrogens (tertiary/aromatic N) is 2. The highest BCUT2D eigenvalue weighted by atomic mass is 19.4. The van der Waals surface area contributed by atoms with Crippen LogP contribution in [0, 0.1) is 11.6 Å². The molecule has 0 spiro atoms. The molecule has 1 unspecified atom stereocenters. The van der Waals surface area contributed by atoms with Gasteiger partial charge in [-0.1, -0.05) is 38.1 Å². The summed E-state index contributed by atoms with van der Waals surface area (Å²) >= 11 is 0. The van der Waals surface area contributed by atoms with Gasteiger partial charge in [0.1, 0.15) is 17.4 Å². The molecule has 0 radical (unpaired) electrons. The fourth-order valence-electron chi connectivity index (χ4n) is 5.01. The Morgan fingerprint density at radius 3 is 2.21 bits per heavy atom. The van der Waals surface area contributed by atoms with Crippen molar-refractivity contribution < 1.29 is 37.0 Å². The van der Waals surface area contributed by atoms with Gasteiger partial charge in [0, 0.05) is 18.7 Å². The molecule has 0 bridgehead atoms.